The predicted octanol–water partition coefficient (Wildman–Crippen LogP) is 1.53. The van der Waals surface area contributed by atoms with Gasteiger partial charge in [0.15, 0.2) is 0 Å². The number of amides is 2. The highest BCUT2D eigenvalue weighted by atomic mass is 16.2. The number of nitrogens with one attached hydrogen (secondary N) is 1. The van der Waals surface area contributed by atoms with Gasteiger partial charge in [-0.05, 0) is 24.1 Å². The van der Waals surface area contributed by atoms with E-state index in [1.165, 1.54) is 18.7 Å². The molecule has 6 nitrogen and oxygen atoms in total. The average Bonchev–Trinajstić information content (AvgIpc) is 3.00. The summed E-state index contributed by atoms with van der Waals surface area (Å²) in [5.41, 5.74) is 2.32. The molecule has 0 aliphatic carbocycles. The van der Waals surface area contributed by atoms with Crippen LogP contribution in [0, 0.1) is 0 Å². The Kier molecular flexibility index (Phi) is 4.09. The molecule has 0 bridgehead atoms. The van der Waals surface area contributed by atoms with E-state index >= 15 is 0 Å². The molecule has 2 amide bonds. The molecule has 1 aromatic heterocycles. The number of nitrogens with zero attached hydrogens (tertiary/aromatic N) is 3. The van der Waals surface area contributed by atoms with Gasteiger partial charge in [-0.3, -0.25) is 9.59 Å². The fourth-order valence-corrected chi connectivity index (χ4v) is 2.42. The van der Waals surface area contributed by atoms with Gasteiger partial charge in [0, 0.05) is 37.6 Å². The van der Waals surface area contributed by atoms with Gasteiger partial charge in [-0.1, -0.05) is 12.1 Å². The van der Waals surface area contributed by atoms with E-state index in [9.17, 15) is 9.59 Å². The second-order valence-electron chi connectivity index (χ2n) is 5.13. The molecule has 6 heteroatoms. The van der Waals surface area contributed by atoms with E-state index in [1.54, 1.807) is 4.90 Å². The first-order valence-electron chi connectivity index (χ1n) is 7.16. The molecular weight excluding hydrogens is 280 g/mol. The Hall–Kier alpha value is -2.76. The fourth-order valence-electron chi connectivity index (χ4n) is 2.42. The van der Waals surface area contributed by atoms with E-state index in [-0.39, 0.29) is 11.8 Å². The molecule has 0 unspecified atom stereocenters. The molecule has 1 saturated heterocycles. The Morgan fingerprint density at radius 1 is 1.18 bits per heavy atom. The van der Waals surface area contributed by atoms with Crippen LogP contribution in [0.3, 0.4) is 0 Å². The Balaban J connectivity index is 1.59. The molecular formula is C16H16N4O2. The van der Waals surface area contributed by atoms with Crippen molar-refractivity contribution in [3.63, 3.8) is 0 Å². The molecule has 1 N–H and O–H groups in total. The molecule has 3 rings (SSSR count). The van der Waals surface area contributed by atoms with Crippen LogP contribution in [0.15, 0.2) is 43.0 Å². The van der Waals surface area contributed by atoms with Gasteiger partial charge in [-0.25, -0.2) is 9.97 Å². The maximum atomic E-state index is 11.9. The van der Waals surface area contributed by atoms with Gasteiger partial charge in [0.25, 0.3) is 5.91 Å². The second kappa shape index (κ2) is 6.34. The number of benzene rings is 1. The summed E-state index contributed by atoms with van der Waals surface area (Å²) in [5.74, 6) is -0.0375. The minimum atomic E-state index is -0.209. The van der Waals surface area contributed by atoms with Gasteiger partial charge >= 0.3 is 0 Å². The summed E-state index contributed by atoms with van der Waals surface area (Å²) in [5, 5.41) is 2.81. The first kappa shape index (κ1) is 14.2. The van der Waals surface area contributed by atoms with E-state index in [1.807, 2.05) is 24.3 Å². The van der Waals surface area contributed by atoms with Crippen LogP contribution in [-0.4, -0.2) is 28.3 Å². The van der Waals surface area contributed by atoms with E-state index in [0.717, 1.165) is 24.2 Å². The highest BCUT2D eigenvalue weighted by Gasteiger charge is 2.21. The maximum absolute atomic E-state index is 11.9. The van der Waals surface area contributed by atoms with Crippen LogP contribution >= 0.6 is 0 Å². The van der Waals surface area contributed by atoms with Crippen molar-refractivity contribution in [1.29, 1.82) is 0 Å². The molecule has 1 aliphatic heterocycles. The van der Waals surface area contributed by atoms with E-state index < -0.39 is 0 Å². The molecule has 0 atom stereocenters. The third-order valence-corrected chi connectivity index (χ3v) is 3.60. The third kappa shape index (κ3) is 3.11. The molecule has 1 aliphatic rings. The summed E-state index contributed by atoms with van der Waals surface area (Å²) < 4.78 is 0. The zero-order chi connectivity index (χ0) is 15.4. The lowest BCUT2D eigenvalue weighted by Gasteiger charge is -2.16. The maximum Gasteiger partial charge on any atom is 0.254 e. The molecule has 1 fully saturated rings. The Labute approximate surface area is 128 Å². The van der Waals surface area contributed by atoms with Gasteiger partial charge in [0.2, 0.25) is 5.91 Å². The predicted molar refractivity (Wildman–Crippen MR) is 81.2 cm³/mol. The molecule has 112 valence electrons. The summed E-state index contributed by atoms with van der Waals surface area (Å²) >= 11 is 0. The van der Waals surface area contributed by atoms with Crippen molar-refractivity contribution < 1.29 is 9.59 Å². The van der Waals surface area contributed by atoms with Crippen molar-refractivity contribution in [2.45, 2.75) is 19.4 Å². The molecule has 0 spiro atoms. The molecule has 0 saturated carbocycles. The topological polar surface area (TPSA) is 75.2 Å². The van der Waals surface area contributed by atoms with Crippen molar-refractivity contribution in [2.24, 2.45) is 0 Å². The summed E-state index contributed by atoms with van der Waals surface area (Å²) in [7, 11) is 0. The van der Waals surface area contributed by atoms with Crippen LogP contribution in [0.2, 0.25) is 0 Å². The normalized spacial score (nSPS) is 14.2. The summed E-state index contributed by atoms with van der Waals surface area (Å²) in [6, 6.07) is 7.66. The van der Waals surface area contributed by atoms with Crippen molar-refractivity contribution in [1.82, 2.24) is 15.3 Å². The van der Waals surface area contributed by atoms with Crippen LogP contribution in [0.25, 0.3) is 0 Å². The lowest BCUT2D eigenvalue weighted by Crippen LogP contribution is -2.24. The fraction of sp³-hybridized carbons (Fsp3) is 0.250. The van der Waals surface area contributed by atoms with E-state index in [4.69, 9.17) is 0 Å². The number of carbonyl (C=O) groups is 2. The van der Waals surface area contributed by atoms with Crippen molar-refractivity contribution in [3.05, 3.63) is 54.1 Å². The number of hydrogen-bond donors (Lipinski definition) is 1. The summed E-state index contributed by atoms with van der Waals surface area (Å²) in [6.07, 6.45) is 5.87. The largest absolute Gasteiger partial charge is 0.348 e. The first-order chi connectivity index (χ1) is 10.7. The van der Waals surface area contributed by atoms with Crippen molar-refractivity contribution in [2.75, 3.05) is 11.4 Å². The molecule has 2 heterocycles. The summed E-state index contributed by atoms with van der Waals surface area (Å²) in [6.45, 7) is 1.20. The monoisotopic (exact) mass is 296 g/mol. The smallest absolute Gasteiger partial charge is 0.254 e. The number of anilines is 1. The Morgan fingerprint density at radius 3 is 2.55 bits per heavy atom. The number of aromatic nitrogens is 2. The first-order valence-corrected chi connectivity index (χ1v) is 7.16. The SMILES string of the molecule is O=C(NCc1ccc(N2CCCC2=O)cc1)c1cncnc1. The van der Waals surface area contributed by atoms with Crippen LogP contribution in [0.4, 0.5) is 5.69 Å². The van der Waals surface area contributed by atoms with Crippen LogP contribution in [0.5, 0.6) is 0 Å². The second-order valence-corrected chi connectivity index (χ2v) is 5.13. The van der Waals surface area contributed by atoms with Gasteiger partial charge in [-0.15, -0.1) is 0 Å². The van der Waals surface area contributed by atoms with Crippen molar-refractivity contribution in [3.8, 4) is 0 Å². The average molecular weight is 296 g/mol. The van der Waals surface area contributed by atoms with Gasteiger partial charge in [0.1, 0.15) is 6.33 Å². The quantitative estimate of drug-likeness (QED) is 0.928. The lowest BCUT2D eigenvalue weighted by molar-refractivity contribution is -0.117. The van der Waals surface area contributed by atoms with E-state index in [0.29, 0.717) is 18.5 Å². The van der Waals surface area contributed by atoms with Crippen LogP contribution < -0.4 is 10.2 Å². The van der Waals surface area contributed by atoms with Crippen molar-refractivity contribution >= 4 is 17.5 Å². The zero-order valence-corrected chi connectivity index (χ0v) is 12.0. The zero-order valence-electron chi connectivity index (χ0n) is 12.0. The third-order valence-electron chi connectivity index (χ3n) is 3.60. The highest BCUT2D eigenvalue weighted by Crippen LogP contribution is 2.21. The minimum absolute atomic E-state index is 0.171. The van der Waals surface area contributed by atoms with Crippen LogP contribution in [0.1, 0.15) is 28.8 Å². The Morgan fingerprint density at radius 2 is 1.91 bits per heavy atom. The van der Waals surface area contributed by atoms with Gasteiger partial charge in [-0.2, -0.15) is 0 Å². The highest BCUT2D eigenvalue weighted by molar-refractivity contribution is 5.95. The van der Waals surface area contributed by atoms with Gasteiger partial charge in [0.05, 0.1) is 5.56 Å². The van der Waals surface area contributed by atoms with Crippen LogP contribution in [-0.2, 0) is 11.3 Å². The Bertz CT molecular complexity index is 670. The lowest BCUT2D eigenvalue weighted by atomic mass is 10.2. The van der Waals surface area contributed by atoms with E-state index in [2.05, 4.69) is 15.3 Å². The molecule has 2 aromatic rings. The standard InChI is InChI=1S/C16H16N4O2/c21-15-2-1-7-20(15)14-5-3-12(4-6-14)8-19-16(22)13-9-17-11-18-10-13/h3-6,9-11H,1-2,7-8H2,(H,19,22). The number of hydrogen-bond acceptors (Lipinski definition) is 4. The number of carbonyl (C=O) groups excluding carboxylic acids is 2. The molecule has 0 radical (unpaired) electrons. The molecule has 22 heavy (non-hydrogen) atoms. The molecule has 1 aromatic carbocycles. The number of rotatable bonds is 4. The minimum Gasteiger partial charge on any atom is -0.348 e. The van der Waals surface area contributed by atoms with Gasteiger partial charge < -0.3 is 10.2 Å². The summed E-state index contributed by atoms with van der Waals surface area (Å²) in [4.78, 5) is 33.0.